The molecule has 4 aliphatic heterocycles. The molecule has 4 atom stereocenters. The van der Waals surface area contributed by atoms with Gasteiger partial charge in [-0.3, -0.25) is 19.1 Å². The fraction of sp³-hybridized carbons (Fsp3) is 0.439. The van der Waals surface area contributed by atoms with Crippen LogP contribution in [0, 0.1) is 11.8 Å². The van der Waals surface area contributed by atoms with Crippen LogP contribution in [0.3, 0.4) is 0 Å². The lowest BCUT2D eigenvalue weighted by Crippen LogP contribution is -2.46. The number of anilines is 3. The number of nitrogens with zero attached hydrogens (tertiary/aromatic N) is 6. The highest BCUT2D eigenvalue weighted by molar-refractivity contribution is 6.09. The van der Waals surface area contributed by atoms with E-state index in [0.29, 0.717) is 57.6 Å². The van der Waals surface area contributed by atoms with E-state index >= 15 is 4.79 Å². The average Bonchev–Trinajstić information content (AvgIpc) is 3.80. The minimum atomic E-state index is -1.31. The van der Waals surface area contributed by atoms with Crippen LogP contribution < -0.4 is 19.4 Å². The van der Waals surface area contributed by atoms with Crippen LogP contribution in [-0.2, 0) is 49.6 Å². The third-order valence-electron chi connectivity index (χ3n) is 12.0. The molecule has 1 aromatic heterocycles. The monoisotopic (exact) mass is 718 g/mol. The van der Waals surface area contributed by atoms with Gasteiger partial charge in [-0.1, -0.05) is 50.3 Å². The highest BCUT2D eigenvalue weighted by atomic mass is 16.5. The van der Waals surface area contributed by atoms with E-state index in [1.807, 2.05) is 65.7 Å². The van der Waals surface area contributed by atoms with Crippen LogP contribution in [0.4, 0.5) is 17.1 Å². The zero-order valence-electron chi connectivity index (χ0n) is 30.7. The fourth-order valence-corrected chi connectivity index (χ4v) is 8.97. The van der Waals surface area contributed by atoms with Gasteiger partial charge >= 0.3 is 0 Å². The quantitative estimate of drug-likeness (QED) is 0.208. The van der Waals surface area contributed by atoms with Gasteiger partial charge in [-0.2, -0.15) is 0 Å². The molecule has 4 aromatic rings. The number of amides is 3. The summed E-state index contributed by atoms with van der Waals surface area (Å²) in [5.74, 6) is 0.429. The predicted molar refractivity (Wildman–Crippen MR) is 199 cm³/mol. The van der Waals surface area contributed by atoms with E-state index in [9.17, 15) is 14.7 Å². The van der Waals surface area contributed by atoms with Crippen molar-refractivity contribution in [2.24, 2.45) is 11.8 Å². The number of aromatic nitrogens is 3. The summed E-state index contributed by atoms with van der Waals surface area (Å²) in [5.41, 5.74) is 4.17. The second-order valence-corrected chi connectivity index (χ2v) is 15.2. The summed E-state index contributed by atoms with van der Waals surface area (Å²) in [6, 6.07) is 21.8. The Balaban J connectivity index is 1.19. The Kier molecular flexibility index (Phi) is 8.85. The number of fused-ring (bicyclic) bond motifs is 2. The second-order valence-electron chi connectivity index (χ2n) is 15.2. The van der Waals surface area contributed by atoms with Crippen LogP contribution in [0.1, 0.15) is 62.4 Å². The molecule has 3 saturated heterocycles. The van der Waals surface area contributed by atoms with Crippen molar-refractivity contribution in [3.05, 3.63) is 95.3 Å². The smallest absolute Gasteiger partial charge is 0.264 e. The molecule has 3 aromatic carbocycles. The first-order valence-electron chi connectivity index (χ1n) is 18.5. The van der Waals surface area contributed by atoms with Gasteiger partial charge < -0.3 is 29.3 Å². The van der Waals surface area contributed by atoms with Gasteiger partial charge in [0.25, 0.3) is 5.91 Å². The van der Waals surface area contributed by atoms with E-state index in [0.717, 1.165) is 39.5 Å². The van der Waals surface area contributed by atoms with Crippen molar-refractivity contribution < 1.29 is 29.0 Å². The lowest BCUT2D eigenvalue weighted by molar-refractivity contribution is -0.146. The minimum absolute atomic E-state index is 0.00607. The number of rotatable bonds is 12. The minimum Gasteiger partial charge on any atom is -0.497 e. The third-order valence-corrected chi connectivity index (χ3v) is 12.0. The molecule has 8 rings (SSSR count). The van der Waals surface area contributed by atoms with Crippen molar-refractivity contribution in [3.8, 4) is 5.75 Å². The number of aliphatic hydroxyl groups excluding tert-OH is 1. The van der Waals surface area contributed by atoms with E-state index in [1.54, 1.807) is 21.6 Å². The molecule has 1 N–H and O–H groups in total. The number of aliphatic hydroxyl groups is 1. The third kappa shape index (κ3) is 5.79. The molecule has 0 unspecified atom stereocenters. The SMILES string of the molecule is COc1ccc(C(C)(C)[C@H]2[C@H](CCn3cc(CCO)nn3)O[C@@]3(C(=O)N(Cc4ccc(N5CCC5=O)cc4)c4ccc(N5CCC5=O)cc43)[C@@H]2C)cc1. The molecule has 276 valence electrons. The Morgan fingerprint density at radius 2 is 1.62 bits per heavy atom. The van der Waals surface area contributed by atoms with Crippen molar-refractivity contribution in [3.63, 3.8) is 0 Å². The second kappa shape index (κ2) is 13.4. The number of hydrogen-bond acceptors (Lipinski definition) is 8. The van der Waals surface area contributed by atoms with E-state index < -0.39 is 11.0 Å². The van der Waals surface area contributed by atoms with Gasteiger partial charge in [0, 0.05) is 80.5 Å². The lowest BCUT2D eigenvalue weighted by atomic mass is 9.63. The van der Waals surface area contributed by atoms with Crippen LogP contribution in [0.15, 0.2) is 72.9 Å². The Bertz CT molecular complexity index is 2040. The van der Waals surface area contributed by atoms with E-state index in [-0.39, 0.29) is 42.3 Å². The molecule has 4 aliphatic rings. The highest BCUT2D eigenvalue weighted by Gasteiger charge is 2.66. The molecule has 0 aliphatic carbocycles. The Morgan fingerprint density at radius 3 is 2.25 bits per heavy atom. The average molecular weight is 719 g/mol. The first kappa shape index (κ1) is 35.0. The van der Waals surface area contributed by atoms with Crippen LogP contribution >= 0.6 is 0 Å². The molecule has 53 heavy (non-hydrogen) atoms. The molecule has 3 amide bonds. The topological polar surface area (TPSA) is 130 Å². The number of benzene rings is 3. The summed E-state index contributed by atoms with van der Waals surface area (Å²) in [4.78, 5) is 45.4. The molecule has 0 radical (unpaired) electrons. The van der Waals surface area contributed by atoms with Crippen molar-refractivity contribution in [2.45, 2.75) is 76.7 Å². The normalized spacial score (nSPS) is 23.8. The lowest BCUT2D eigenvalue weighted by Gasteiger charge is -2.39. The standard InChI is InChI=1S/C41H46N6O6/c1-26-38(40(2,3)28-7-12-32(52-4)13-8-28)35(15-19-44-25-29(18-22-48)42-43-44)53-41(26)33-23-31(46-21-17-37(46)50)11-14-34(33)47(39(41)51)24-27-5-9-30(10-6-27)45-20-16-36(45)49/h5-14,23,25-26,35,38,48H,15-22,24H2,1-4H3/t26-,35+,38-,41+/m1/s1. The summed E-state index contributed by atoms with van der Waals surface area (Å²) in [7, 11) is 1.65. The largest absolute Gasteiger partial charge is 0.497 e. The van der Waals surface area contributed by atoms with Crippen LogP contribution in [0.2, 0.25) is 0 Å². The van der Waals surface area contributed by atoms with Gasteiger partial charge in [-0.25, -0.2) is 0 Å². The van der Waals surface area contributed by atoms with Crippen molar-refractivity contribution in [2.75, 3.05) is 41.5 Å². The number of aryl methyl sites for hydroxylation is 1. The summed E-state index contributed by atoms with van der Waals surface area (Å²) >= 11 is 0. The molecule has 5 heterocycles. The van der Waals surface area contributed by atoms with E-state index in [1.165, 1.54) is 0 Å². The van der Waals surface area contributed by atoms with Gasteiger partial charge in [0.05, 0.1) is 31.1 Å². The van der Waals surface area contributed by atoms with Crippen LogP contribution in [-0.4, -0.2) is 70.7 Å². The van der Waals surface area contributed by atoms with Crippen molar-refractivity contribution >= 4 is 34.8 Å². The van der Waals surface area contributed by atoms with Gasteiger partial charge in [0.1, 0.15) is 5.75 Å². The first-order valence-corrected chi connectivity index (χ1v) is 18.5. The Morgan fingerprint density at radius 1 is 0.943 bits per heavy atom. The Hall–Kier alpha value is -5.07. The predicted octanol–water partition coefficient (Wildman–Crippen LogP) is 4.76. The first-order chi connectivity index (χ1) is 25.5. The highest BCUT2D eigenvalue weighted by Crippen LogP contribution is 2.60. The van der Waals surface area contributed by atoms with Crippen LogP contribution in [0.5, 0.6) is 5.75 Å². The summed E-state index contributed by atoms with van der Waals surface area (Å²) in [6.45, 7) is 8.76. The van der Waals surface area contributed by atoms with Gasteiger partial charge in [-0.15, -0.1) is 5.10 Å². The number of methoxy groups -OCH3 is 1. The van der Waals surface area contributed by atoms with Gasteiger partial charge in [0.2, 0.25) is 11.8 Å². The molecule has 12 heteroatoms. The Labute approximate surface area is 309 Å². The molecular formula is C41H46N6O6. The number of ether oxygens (including phenoxy) is 2. The summed E-state index contributed by atoms with van der Waals surface area (Å²) < 4.78 is 14.6. The maximum atomic E-state index is 15.3. The van der Waals surface area contributed by atoms with Crippen molar-refractivity contribution in [1.82, 2.24) is 15.0 Å². The number of carbonyl (C=O) groups is 3. The van der Waals surface area contributed by atoms with Crippen LogP contribution in [0.25, 0.3) is 0 Å². The summed E-state index contributed by atoms with van der Waals surface area (Å²) in [6.07, 6.45) is 3.56. The molecule has 0 bridgehead atoms. The fourth-order valence-electron chi connectivity index (χ4n) is 8.97. The molecule has 12 nitrogen and oxygen atoms in total. The maximum Gasteiger partial charge on any atom is 0.264 e. The zero-order valence-corrected chi connectivity index (χ0v) is 30.7. The van der Waals surface area contributed by atoms with E-state index in [4.69, 9.17) is 9.47 Å². The molecule has 0 saturated carbocycles. The van der Waals surface area contributed by atoms with Gasteiger partial charge in [-0.05, 0) is 65.4 Å². The molecular weight excluding hydrogens is 672 g/mol. The van der Waals surface area contributed by atoms with E-state index in [2.05, 4.69) is 43.2 Å². The number of β-lactam (4-membered cyclic amide) rings is 2. The van der Waals surface area contributed by atoms with Gasteiger partial charge in [0.15, 0.2) is 5.60 Å². The van der Waals surface area contributed by atoms with Crippen molar-refractivity contribution in [1.29, 1.82) is 0 Å². The summed E-state index contributed by atoms with van der Waals surface area (Å²) in [5, 5.41) is 18.0. The number of carbonyl (C=O) groups excluding carboxylic acids is 3. The molecule has 3 fully saturated rings. The number of hydrogen-bond donors (Lipinski definition) is 1. The zero-order chi connectivity index (χ0) is 37.1. The maximum absolute atomic E-state index is 15.3. The molecule has 1 spiro atoms.